The zero-order valence-electron chi connectivity index (χ0n) is 13.8. The van der Waals surface area contributed by atoms with Gasteiger partial charge in [0.1, 0.15) is 11.3 Å². The fourth-order valence-electron chi connectivity index (χ4n) is 2.60. The number of aryl methyl sites for hydroxylation is 1. The maximum absolute atomic E-state index is 11.4. The molecule has 2 aromatic heterocycles. The highest BCUT2D eigenvalue weighted by atomic mass is 16.5. The van der Waals surface area contributed by atoms with E-state index in [2.05, 4.69) is 10.4 Å². The number of benzene rings is 1. The number of aromatic nitrogens is 2. The Bertz CT molecular complexity index is 945. The van der Waals surface area contributed by atoms with Crippen molar-refractivity contribution < 1.29 is 19.4 Å². The number of amides is 1. The molecule has 1 aromatic carbocycles. The average Bonchev–Trinajstić information content (AvgIpc) is 2.95. The van der Waals surface area contributed by atoms with Crippen molar-refractivity contribution in [3.63, 3.8) is 0 Å². The molecule has 2 N–H and O–H groups in total. The molecular formula is C18H17N3O4. The second kappa shape index (κ2) is 6.64. The standard InChI is InChI=1S/C18H17N3O4/c1-11-14(18(23)24)10-21-17(11)15(7-8-20-21)25-13-5-3-12(4-6-13)9-16(22)19-2/h3-8,10H,9H2,1-2H3,(H,19,22)(H,23,24). The molecule has 0 aliphatic rings. The topological polar surface area (TPSA) is 92.9 Å². The van der Waals surface area contributed by atoms with Gasteiger partial charge in [0.15, 0.2) is 5.75 Å². The number of carboxylic acid groups (broad SMARTS) is 1. The summed E-state index contributed by atoms with van der Waals surface area (Å²) in [7, 11) is 1.60. The lowest BCUT2D eigenvalue weighted by Gasteiger charge is -2.09. The Balaban J connectivity index is 1.90. The van der Waals surface area contributed by atoms with E-state index in [-0.39, 0.29) is 11.5 Å². The Morgan fingerprint density at radius 1 is 1.24 bits per heavy atom. The zero-order valence-corrected chi connectivity index (χ0v) is 13.8. The van der Waals surface area contributed by atoms with E-state index in [0.717, 1.165) is 5.56 Å². The number of aromatic carboxylic acids is 1. The molecule has 0 saturated carbocycles. The van der Waals surface area contributed by atoms with Crippen LogP contribution in [0, 0.1) is 6.92 Å². The highest BCUT2D eigenvalue weighted by molar-refractivity contribution is 5.93. The largest absolute Gasteiger partial charge is 0.478 e. The molecule has 128 valence electrons. The number of carbonyl (C=O) groups excluding carboxylic acids is 1. The van der Waals surface area contributed by atoms with Gasteiger partial charge in [-0.15, -0.1) is 0 Å². The number of hydrogen-bond donors (Lipinski definition) is 2. The molecule has 1 amide bonds. The van der Waals surface area contributed by atoms with Gasteiger partial charge >= 0.3 is 5.97 Å². The summed E-state index contributed by atoms with van der Waals surface area (Å²) in [6.07, 6.45) is 3.32. The van der Waals surface area contributed by atoms with Crippen LogP contribution in [0.25, 0.3) is 5.52 Å². The molecule has 0 unspecified atom stereocenters. The first-order chi connectivity index (χ1) is 12.0. The van der Waals surface area contributed by atoms with Crippen LogP contribution >= 0.6 is 0 Å². The fourth-order valence-corrected chi connectivity index (χ4v) is 2.60. The SMILES string of the molecule is CNC(=O)Cc1ccc(Oc2ccnn3cc(C(=O)O)c(C)c23)cc1. The van der Waals surface area contributed by atoms with E-state index in [4.69, 9.17) is 4.74 Å². The molecule has 3 rings (SSSR count). The van der Waals surface area contributed by atoms with Crippen molar-refractivity contribution >= 4 is 17.4 Å². The quantitative estimate of drug-likeness (QED) is 0.745. The van der Waals surface area contributed by atoms with Crippen molar-refractivity contribution in [1.82, 2.24) is 14.9 Å². The van der Waals surface area contributed by atoms with Gasteiger partial charge in [0.25, 0.3) is 0 Å². The van der Waals surface area contributed by atoms with Crippen molar-refractivity contribution in [2.45, 2.75) is 13.3 Å². The number of nitrogens with zero attached hydrogens (tertiary/aromatic N) is 2. The van der Waals surface area contributed by atoms with Gasteiger partial charge in [-0.3, -0.25) is 4.79 Å². The highest BCUT2D eigenvalue weighted by Gasteiger charge is 2.17. The molecular weight excluding hydrogens is 322 g/mol. The van der Waals surface area contributed by atoms with Crippen molar-refractivity contribution in [2.75, 3.05) is 7.05 Å². The second-order valence-electron chi connectivity index (χ2n) is 5.56. The van der Waals surface area contributed by atoms with Gasteiger partial charge in [-0.1, -0.05) is 12.1 Å². The number of hydrogen-bond acceptors (Lipinski definition) is 4. The Hall–Kier alpha value is -3.35. The molecule has 3 aromatic rings. The van der Waals surface area contributed by atoms with E-state index in [1.807, 2.05) is 12.1 Å². The van der Waals surface area contributed by atoms with Crippen molar-refractivity contribution in [2.24, 2.45) is 0 Å². The zero-order chi connectivity index (χ0) is 18.0. The molecule has 7 nitrogen and oxygen atoms in total. The molecule has 25 heavy (non-hydrogen) atoms. The molecule has 0 aliphatic carbocycles. The minimum Gasteiger partial charge on any atom is -0.478 e. The fraction of sp³-hybridized carbons (Fsp3) is 0.167. The molecule has 0 radical (unpaired) electrons. The molecule has 0 aliphatic heterocycles. The lowest BCUT2D eigenvalue weighted by molar-refractivity contribution is -0.119. The summed E-state index contributed by atoms with van der Waals surface area (Å²) in [5, 5.41) is 16.0. The van der Waals surface area contributed by atoms with E-state index in [1.54, 1.807) is 38.4 Å². The Morgan fingerprint density at radius 3 is 2.60 bits per heavy atom. The van der Waals surface area contributed by atoms with Gasteiger partial charge in [-0.25, -0.2) is 9.31 Å². The van der Waals surface area contributed by atoms with Crippen molar-refractivity contribution in [3.8, 4) is 11.5 Å². The minimum absolute atomic E-state index is 0.0606. The number of fused-ring (bicyclic) bond motifs is 1. The highest BCUT2D eigenvalue weighted by Crippen LogP contribution is 2.30. The summed E-state index contributed by atoms with van der Waals surface area (Å²) in [4.78, 5) is 22.7. The molecule has 7 heteroatoms. The number of nitrogens with one attached hydrogen (secondary N) is 1. The van der Waals surface area contributed by atoms with Crippen molar-refractivity contribution in [1.29, 1.82) is 0 Å². The van der Waals surface area contributed by atoms with Gasteiger partial charge < -0.3 is 15.2 Å². The summed E-state index contributed by atoms with van der Waals surface area (Å²) in [5.74, 6) is 0.0345. The number of rotatable bonds is 5. The molecule has 0 atom stereocenters. The maximum Gasteiger partial charge on any atom is 0.337 e. The van der Waals surface area contributed by atoms with Crippen LogP contribution in [0.1, 0.15) is 21.5 Å². The first kappa shape index (κ1) is 16.5. The van der Waals surface area contributed by atoms with Gasteiger partial charge in [0, 0.05) is 19.3 Å². The maximum atomic E-state index is 11.4. The number of carbonyl (C=O) groups is 2. The van der Waals surface area contributed by atoms with Crippen LogP contribution in [-0.2, 0) is 11.2 Å². The van der Waals surface area contributed by atoms with Crippen LogP contribution in [-0.4, -0.2) is 33.6 Å². The normalized spacial score (nSPS) is 10.6. The van der Waals surface area contributed by atoms with E-state index in [1.165, 1.54) is 10.7 Å². The molecule has 0 fully saturated rings. The van der Waals surface area contributed by atoms with E-state index >= 15 is 0 Å². The molecule has 0 bridgehead atoms. The van der Waals surface area contributed by atoms with Crippen LogP contribution in [0.15, 0.2) is 42.7 Å². The van der Waals surface area contributed by atoms with Crippen LogP contribution in [0.2, 0.25) is 0 Å². The van der Waals surface area contributed by atoms with Gasteiger partial charge in [0.05, 0.1) is 18.2 Å². The van der Waals surface area contributed by atoms with Crippen LogP contribution in [0.5, 0.6) is 11.5 Å². The smallest absolute Gasteiger partial charge is 0.337 e. The van der Waals surface area contributed by atoms with E-state index in [0.29, 0.717) is 29.0 Å². The minimum atomic E-state index is -1.01. The first-order valence-electron chi connectivity index (χ1n) is 7.67. The molecule has 0 saturated heterocycles. The molecule has 0 spiro atoms. The summed E-state index contributed by atoms with van der Waals surface area (Å²) in [5.41, 5.74) is 2.25. The van der Waals surface area contributed by atoms with Gasteiger partial charge in [0.2, 0.25) is 5.91 Å². The lowest BCUT2D eigenvalue weighted by Crippen LogP contribution is -2.19. The monoisotopic (exact) mass is 339 g/mol. The summed E-state index contributed by atoms with van der Waals surface area (Å²) in [6.45, 7) is 1.72. The molecule has 2 heterocycles. The third-order valence-electron chi connectivity index (χ3n) is 3.92. The predicted octanol–water partition coefficient (Wildman–Crippen LogP) is 2.42. The summed E-state index contributed by atoms with van der Waals surface area (Å²) < 4.78 is 7.39. The Morgan fingerprint density at radius 2 is 1.96 bits per heavy atom. The number of likely N-dealkylation sites (N-methyl/N-ethyl adjacent to an activating group) is 1. The van der Waals surface area contributed by atoms with Crippen LogP contribution in [0.3, 0.4) is 0 Å². The third kappa shape index (κ3) is 3.30. The van der Waals surface area contributed by atoms with E-state index < -0.39 is 5.97 Å². The van der Waals surface area contributed by atoms with Crippen molar-refractivity contribution in [3.05, 3.63) is 59.4 Å². The predicted molar refractivity (Wildman–Crippen MR) is 91.2 cm³/mol. The van der Waals surface area contributed by atoms with Gasteiger partial charge in [-0.2, -0.15) is 5.10 Å². The summed E-state index contributed by atoms with van der Waals surface area (Å²) in [6, 6.07) is 8.86. The third-order valence-corrected chi connectivity index (χ3v) is 3.92. The number of ether oxygens (including phenoxy) is 1. The first-order valence-corrected chi connectivity index (χ1v) is 7.67. The van der Waals surface area contributed by atoms with Crippen LogP contribution in [0.4, 0.5) is 0 Å². The average molecular weight is 339 g/mol. The van der Waals surface area contributed by atoms with Gasteiger partial charge in [-0.05, 0) is 30.2 Å². The van der Waals surface area contributed by atoms with Crippen LogP contribution < -0.4 is 10.1 Å². The Kier molecular flexibility index (Phi) is 4.38. The summed E-state index contributed by atoms with van der Waals surface area (Å²) >= 11 is 0. The number of carboxylic acids is 1. The Labute approximate surface area is 143 Å². The van der Waals surface area contributed by atoms with E-state index in [9.17, 15) is 14.7 Å². The second-order valence-corrected chi connectivity index (χ2v) is 5.56. The lowest BCUT2D eigenvalue weighted by atomic mass is 10.1.